The summed E-state index contributed by atoms with van der Waals surface area (Å²) in [6.45, 7) is 15.2. The Bertz CT molecular complexity index is 926. The Kier molecular flexibility index (Phi) is 6.58. The maximum absolute atomic E-state index is 12.8. The van der Waals surface area contributed by atoms with E-state index >= 15 is 0 Å². The molecule has 0 aliphatic carbocycles. The van der Waals surface area contributed by atoms with Gasteiger partial charge in [-0.05, 0) is 31.0 Å². The summed E-state index contributed by atoms with van der Waals surface area (Å²) in [6, 6.07) is 8.42. The number of morpholine rings is 1. The van der Waals surface area contributed by atoms with E-state index in [1.165, 1.54) is 21.5 Å². The molecule has 3 heterocycles. The first-order valence-electron chi connectivity index (χ1n) is 10.9. The average molecular weight is 425 g/mol. The number of rotatable bonds is 5. The number of aromatic nitrogens is 2. The van der Waals surface area contributed by atoms with Gasteiger partial charge in [-0.25, -0.2) is 4.79 Å². The number of piperazine rings is 1. The fourth-order valence-corrected chi connectivity index (χ4v) is 4.11. The van der Waals surface area contributed by atoms with E-state index in [1.54, 1.807) is 12.3 Å². The van der Waals surface area contributed by atoms with Crippen LogP contribution in [0.25, 0.3) is 0 Å². The lowest BCUT2D eigenvalue weighted by Gasteiger charge is -2.36. The van der Waals surface area contributed by atoms with Crippen molar-refractivity contribution < 1.29 is 9.53 Å². The second-order valence-electron chi connectivity index (χ2n) is 8.33. The molecule has 2 saturated heterocycles. The molecular weight excluding hydrogens is 392 g/mol. The zero-order chi connectivity index (χ0) is 21.8. The number of ether oxygens (including phenoxy) is 1. The number of carbonyl (C=O) groups excluding carboxylic acids is 1. The minimum Gasteiger partial charge on any atom is -0.378 e. The van der Waals surface area contributed by atoms with Crippen LogP contribution in [0.15, 0.2) is 42.7 Å². The Morgan fingerprint density at radius 3 is 2.58 bits per heavy atom. The van der Waals surface area contributed by atoms with Gasteiger partial charge < -0.3 is 19.9 Å². The molecule has 166 valence electrons. The van der Waals surface area contributed by atoms with E-state index in [2.05, 4.69) is 51.9 Å². The normalized spacial score (nSPS) is 17.6. The topological polar surface area (TPSA) is 65.9 Å². The highest BCUT2D eigenvalue weighted by Crippen LogP contribution is 2.25. The molecule has 0 unspecified atom stereocenters. The van der Waals surface area contributed by atoms with E-state index in [9.17, 15) is 4.79 Å². The largest absolute Gasteiger partial charge is 0.378 e. The molecule has 1 N–H and O–H groups in total. The predicted molar refractivity (Wildman–Crippen MR) is 123 cm³/mol. The molecule has 0 atom stereocenters. The Labute approximate surface area is 184 Å². The molecule has 0 saturated carbocycles. The fourth-order valence-electron chi connectivity index (χ4n) is 4.11. The van der Waals surface area contributed by atoms with Crippen LogP contribution in [0.1, 0.15) is 18.1 Å². The number of aryl methyl sites for hydroxylation is 1. The van der Waals surface area contributed by atoms with Crippen LogP contribution in [0.3, 0.4) is 0 Å². The van der Waals surface area contributed by atoms with E-state index < -0.39 is 0 Å². The number of benzene rings is 1. The molecule has 0 bridgehead atoms. The van der Waals surface area contributed by atoms with Gasteiger partial charge in [0, 0.05) is 69.5 Å². The summed E-state index contributed by atoms with van der Waals surface area (Å²) >= 11 is 0. The molecule has 0 radical (unpaired) electrons. The molecule has 8 nitrogen and oxygen atoms in total. The third-order valence-corrected chi connectivity index (χ3v) is 5.76. The fraction of sp³-hybridized carbons (Fsp3) is 0.478. The SMILES string of the molecule is C=C(C)Nc1ccn(C(=O)N2CCN(Cc3ccc(C)cc3N3CCOCC3)CC2)n1. The van der Waals surface area contributed by atoms with Gasteiger partial charge in [-0.15, -0.1) is 5.10 Å². The summed E-state index contributed by atoms with van der Waals surface area (Å²) in [5.41, 5.74) is 4.73. The summed E-state index contributed by atoms with van der Waals surface area (Å²) in [4.78, 5) is 19.5. The molecule has 2 aliphatic rings. The number of hydrogen-bond donors (Lipinski definition) is 1. The molecule has 1 amide bonds. The molecular formula is C23H32N6O2. The Morgan fingerprint density at radius 1 is 1.13 bits per heavy atom. The van der Waals surface area contributed by atoms with Gasteiger partial charge in [0.05, 0.1) is 13.2 Å². The van der Waals surface area contributed by atoms with E-state index in [1.807, 2.05) is 11.8 Å². The van der Waals surface area contributed by atoms with Gasteiger partial charge in [0.1, 0.15) is 0 Å². The maximum Gasteiger partial charge on any atom is 0.344 e. The lowest BCUT2D eigenvalue weighted by atomic mass is 10.1. The van der Waals surface area contributed by atoms with Crippen LogP contribution in [0.2, 0.25) is 0 Å². The summed E-state index contributed by atoms with van der Waals surface area (Å²) in [5, 5.41) is 7.34. The van der Waals surface area contributed by atoms with Gasteiger partial charge in [-0.3, -0.25) is 4.90 Å². The summed E-state index contributed by atoms with van der Waals surface area (Å²) in [7, 11) is 0. The van der Waals surface area contributed by atoms with E-state index in [-0.39, 0.29) is 6.03 Å². The van der Waals surface area contributed by atoms with Crippen molar-refractivity contribution in [1.82, 2.24) is 19.6 Å². The molecule has 4 rings (SSSR count). The van der Waals surface area contributed by atoms with Crippen molar-refractivity contribution in [2.45, 2.75) is 20.4 Å². The number of amides is 1. The first-order valence-corrected chi connectivity index (χ1v) is 10.9. The Hall–Kier alpha value is -2.84. The highest BCUT2D eigenvalue weighted by Gasteiger charge is 2.24. The van der Waals surface area contributed by atoms with E-state index in [4.69, 9.17) is 4.74 Å². The average Bonchev–Trinajstić information content (AvgIpc) is 3.23. The molecule has 1 aromatic carbocycles. The summed E-state index contributed by atoms with van der Waals surface area (Å²) < 4.78 is 6.93. The van der Waals surface area contributed by atoms with Crippen LogP contribution in [0.4, 0.5) is 16.3 Å². The van der Waals surface area contributed by atoms with Gasteiger partial charge >= 0.3 is 6.03 Å². The lowest BCUT2D eigenvalue weighted by Crippen LogP contribution is -2.49. The van der Waals surface area contributed by atoms with Gasteiger partial charge in [0.15, 0.2) is 5.82 Å². The minimum absolute atomic E-state index is 0.0845. The first kappa shape index (κ1) is 21.4. The zero-order valence-electron chi connectivity index (χ0n) is 18.5. The van der Waals surface area contributed by atoms with Crippen molar-refractivity contribution in [2.75, 3.05) is 62.7 Å². The monoisotopic (exact) mass is 424 g/mol. The number of anilines is 2. The zero-order valence-corrected chi connectivity index (χ0v) is 18.5. The predicted octanol–water partition coefficient (Wildman–Crippen LogP) is 2.76. The van der Waals surface area contributed by atoms with Crippen LogP contribution in [0.5, 0.6) is 0 Å². The lowest BCUT2D eigenvalue weighted by molar-refractivity contribution is 0.122. The second kappa shape index (κ2) is 9.53. The minimum atomic E-state index is -0.0845. The smallest absolute Gasteiger partial charge is 0.344 e. The van der Waals surface area contributed by atoms with Crippen molar-refractivity contribution in [2.24, 2.45) is 0 Å². The summed E-state index contributed by atoms with van der Waals surface area (Å²) in [6.07, 6.45) is 1.70. The summed E-state index contributed by atoms with van der Waals surface area (Å²) in [5.74, 6) is 0.634. The number of nitrogens with zero attached hydrogens (tertiary/aromatic N) is 5. The number of carbonyl (C=O) groups is 1. The highest BCUT2D eigenvalue weighted by molar-refractivity contribution is 5.76. The van der Waals surface area contributed by atoms with Crippen molar-refractivity contribution in [3.05, 3.63) is 53.9 Å². The van der Waals surface area contributed by atoms with Gasteiger partial charge in [0.25, 0.3) is 0 Å². The van der Waals surface area contributed by atoms with E-state index in [0.717, 1.165) is 51.6 Å². The van der Waals surface area contributed by atoms with Crippen LogP contribution in [0, 0.1) is 6.92 Å². The second-order valence-corrected chi connectivity index (χ2v) is 8.33. The third-order valence-electron chi connectivity index (χ3n) is 5.76. The molecule has 2 aromatic rings. The van der Waals surface area contributed by atoms with Crippen molar-refractivity contribution in [1.29, 1.82) is 0 Å². The molecule has 2 fully saturated rings. The maximum atomic E-state index is 12.8. The standard InChI is InChI=1S/C23H32N6O2/c1-18(2)24-22-6-7-29(25-22)23(30)28-10-8-26(9-11-28)17-20-5-4-19(3)16-21(20)27-12-14-31-15-13-27/h4-7,16H,1,8-15,17H2,2-3H3,(H,24,25). The molecule has 31 heavy (non-hydrogen) atoms. The van der Waals surface area contributed by atoms with Crippen molar-refractivity contribution in [3.8, 4) is 0 Å². The van der Waals surface area contributed by atoms with Crippen LogP contribution < -0.4 is 10.2 Å². The molecule has 0 spiro atoms. The highest BCUT2D eigenvalue weighted by atomic mass is 16.5. The molecule has 2 aliphatic heterocycles. The van der Waals surface area contributed by atoms with Crippen LogP contribution >= 0.6 is 0 Å². The Morgan fingerprint density at radius 2 is 1.87 bits per heavy atom. The van der Waals surface area contributed by atoms with Gasteiger partial charge in [-0.1, -0.05) is 18.7 Å². The number of nitrogens with one attached hydrogen (secondary N) is 1. The Balaban J connectivity index is 1.36. The van der Waals surface area contributed by atoms with E-state index in [0.29, 0.717) is 18.9 Å². The van der Waals surface area contributed by atoms with Crippen LogP contribution in [-0.2, 0) is 11.3 Å². The van der Waals surface area contributed by atoms with Crippen molar-refractivity contribution >= 4 is 17.5 Å². The number of hydrogen-bond acceptors (Lipinski definition) is 6. The molecule has 1 aromatic heterocycles. The molecule has 8 heteroatoms. The van der Waals surface area contributed by atoms with Crippen LogP contribution in [-0.4, -0.2) is 78.1 Å². The van der Waals surface area contributed by atoms with Crippen molar-refractivity contribution in [3.63, 3.8) is 0 Å². The van der Waals surface area contributed by atoms with Gasteiger partial charge in [0.2, 0.25) is 0 Å². The first-order chi connectivity index (χ1) is 15.0. The third kappa shape index (κ3) is 5.26. The van der Waals surface area contributed by atoms with Gasteiger partial charge in [-0.2, -0.15) is 4.68 Å². The number of allylic oxidation sites excluding steroid dienone is 1. The quantitative estimate of drug-likeness (QED) is 0.796.